The lowest BCUT2D eigenvalue weighted by Crippen LogP contribution is -2.26. The molecule has 0 saturated heterocycles. The van der Waals surface area contributed by atoms with E-state index in [1.165, 1.54) is 0 Å². The van der Waals surface area contributed by atoms with Crippen LogP contribution in [0.5, 0.6) is 0 Å². The monoisotopic (exact) mass is 348 g/mol. The van der Waals surface area contributed by atoms with Gasteiger partial charge in [0.25, 0.3) is 0 Å². The first-order chi connectivity index (χ1) is 12.6. The summed E-state index contributed by atoms with van der Waals surface area (Å²) in [5.41, 5.74) is 27.1. The minimum Gasteiger partial charge on any atom is -0.369 e. The van der Waals surface area contributed by atoms with Crippen LogP contribution in [0.2, 0.25) is 0 Å². The fourth-order valence-corrected chi connectivity index (χ4v) is 2.85. The lowest BCUT2D eigenvalue weighted by atomic mass is 9.98. The molecule has 10 N–H and O–H groups in total. The SMILES string of the molecule is NC(N)=NNC=c1c2ccccc2c(=CNN=C(N)N)c2ccccc12. The molecule has 0 saturated carbocycles. The van der Waals surface area contributed by atoms with Crippen molar-refractivity contribution in [2.45, 2.75) is 0 Å². The van der Waals surface area contributed by atoms with Crippen LogP contribution in [0, 0.1) is 0 Å². The molecule has 3 aromatic rings. The largest absolute Gasteiger partial charge is 0.369 e. The van der Waals surface area contributed by atoms with Gasteiger partial charge in [0, 0.05) is 22.8 Å². The minimum absolute atomic E-state index is 0.0405. The summed E-state index contributed by atoms with van der Waals surface area (Å²) in [6, 6.07) is 16.0. The van der Waals surface area contributed by atoms with Crippen molar-refractivity contribution < 1.29 is 0 Å². The topological polar surface area (TPSA) is 153 Å². The molecule has 0 fully saturated rings. The smallest absolute Gasteiger partial charge is 0.208 e. The number of nitrogens with two attached hydrogens (primary N) is 4. The summed E-state index contributed by atoms with van der Waals surface area (Å²) < 4.78 is 0. The van der Waals surface area contributed by atoms with Crippen LogP contribution in [0.25, 0.3) is 33.9 Å². The van der Waals surface area contributed by atoms with E-state index in [2.05, 4.69) is 21.1 Å². The first-order valence-electron chi connectivity index (χ1n) is 7.86. The maximum atomic E-state index is 5.38. The zero-order chi connectivity index (χ0) is 18.5. The molecule has 132 valence electrons. The van der Waals surface area contributed by atoms with E-state index in [9.17, 15) is 0 Å². The molecule has 8 nitrogen and oxygen atoms in total. The zero-order valence-corrected chi connectivity index (χ0v) is 14.0. The highest BCUT2D eigenvalue weighted by Crippen LogP contribution is 2.13. The van der Waals surface area contributed by atoms with E-state index in [4.69, 9.17) is 22.9 Å². The summed E-state index contributed by atoms with van der Waals surface area (Å²) in [6.45, 7) is 0. The number of nitrogens with one attached hydrogen (secondary N) is 2. The molecular formula is C18H20N8. The maximum absolute atomic E-state index is 5.38. The average Bonchev–Trinajstić information content (AvgIpc) is 2.62. The highest BCUT2D eigenvalue weighted by molar-refractivity contribution is 6.00. The van der Waals surface area contributed by atoms with Gasteiger partial charge in [0.1, 0.15) is 0 Å². The Labute approximate surface area is 149 Å². The number of hydrogen-bond donors (Lipinski definition) is 6. The number of nitrogens with zero attached hydrogens (tertiary/aromatic N) is 2. The number of guanidine groups is 2. The van der Waals surface area contributed by atoms with Crippen LogP contribution in [-0.4, -0.2) is 11.9 Å². The molecule has 3 rings (SSSR count). The van der Waals surface area contributed by atoms with Crippen LogP contribution < -0.4 is 44.2 Å². The molecule has 0 amide bonds. The Balaban J connectivity index is 2.39. The highest BCUT2D eigenvalue weighted by atomic mass is 15.3. The van der Waals surface area contributed by atoms with Gasteiger partial charge in [0.15, 0.2) is 0 Å². The molecule has 0 aromatic heterocycles. The fourth-order valence-electron chi connectivity index (χ4n) is 2.85. The Bertz CT molecular complexity index is 970. The number of rotatable bonds is 4. The Morgan fingerprint density at radius 1 is 0.615 bits per heavy atom. The molecular weight excluding hydrogens is 328 g/mol. The first kappa shape index (κ1) is 16.9. The van der Waals surface area contributed by atoms with Crippen molar-refractivity contribution in [2.24, 2.45) is 33.1 Å². The van der Waals surface area contributed by atoms with Gasteiger partial charge in [-0.15, -0.1) is 10.2 Å². The van der Waals surface area contributed by atoms with Gasteiger partial charge in [-0.3, -0.25) is 10.9 Å². The first-order valence-corrected chi connectivity index (χ1v) is 7.86. The number of hydrazone groups is 2. The Hall–Kier alpha value is -3.94. The molecule has 0 radical (unpaired) electrons. The summed E-state index contributed by atoms with van der Waals surface area (Å²) in [7, 11) is 0. The van der Waals surface area contributed by atoms with E-state index < -0.39 is 0 Å². The summed E-state index contributed by atoms with van der Waals surface area (Å²) in [5, 5.41) is 13.7. The predicted octanol–water partition coefficient (Wildman–Crippen LogP) is -0.975. The van der Waals surface area contributed by atoms with E-state index in [0.29, 0.717) is 0 Å². The molecule has 0 heterocycles. The summed E-state index contributed by atoms with van der Waals surface area (Å²) >= 11 is 0. The van der Waals surface area contributed by atoms with Crippen molar-refractivity contribution in [3.05, 3.63) is 59.0 Å². The Kier molecular flexibility index (Phi) is 4.75. The van der Waals surface area contributed by atoms with Gasteiger partial charge >= 0.3 is 0 Å². The van der Waals surface area contributed by atoms with Crippen molar-refractivity contribution in [1.29, 1.82) is 0 Å². The highest BCUT2D eigenvalue weighted by Gasteiger charge is 2.05. The molecule has 8 heteroatoms. The molecule has 0 spiro atoms. The lowest BCUT2D eigenvalue weighted by molar-refractivity contribution is 1.01. The third-order valence-corrected chi connectivity index (χ3v) is 3.82. The van der Waals surface area contributed by atoms with Crippen LogP contribution >= 0.6 is 0 Å². The van der Waals surface area contributed by atoms with Gasteiger partial charge in [-0.2, -0.15) is 0 Å². The van der Waals surface area contributed by atoms with Gasteiger partial charge in [0.05, 0.1) is 0 Å². The molecule has 0 atom stereocenters. The van der Waals surface area contributed by atoms with Gasteiger partial charge in [-0.1, -0.05) is 48.5 Å². The van der Waals surface area contributed by atoms with E-state index in [0.717, 1.165) is 32.0 Å². The van der Waals surface area contributed by atoms with Crippen molar-refractivity contribution in [3.63, 3.8) is 0 Å². The van der Waals surface area contributed by atoms with Crippen LogP contribution in [-0.2, 0) is 0 Å². The van der Waals surface area contributed by atoms with E-state index >= 15 is 0 Å². The minimum atomic E-state index is -0.0405. The van der Waals surface area contributed by atoms with Gasteiger partial charge in [0.2, 0.25) is 11.9 Å². The molecule has 0 unspecified atom stereocenters. The summed E-state index contributed by atoms with van der Waals surface area (Å²) in [4.78, 5) is 0. The van der Waals surface area contributed by atoms with Crippen LogP contribution in [0.4, 0.5) is 0 Å². The molecule has 3 aromatic carbocycles. The second-order valence-electron chi connectivity index (χ2n) is 5.54. The van der Waals surface area contributed by atoms with Crippen LogP contribution in [0.1, 0.15) is 0 Å². The van der Waals surface area contributed by atoms with Crippen LogP contribution in [0.3, 0.4) is 0 Å². The maximum Gasteiger partial charge on any atom is 0.208 e. The number of fused-ring (bicyclic) bond motifs is 2. The normalized spacial score (nSPS) is 10.2. The molecule has 0 bridgehead atoms. The number of hydrogen-bond acceptors (Lipinski definition) is 4. The Morgan fingerprint density at radius 3 is 1.19 bits per heavy atom. The van der Waals surface area contributed by atoms with Gasteiger partial charge in [-0.05, 0) is 21.5 Å². The van der Waals surface area contributed by atoms with Crippen molar-refractivity contribution in [3.8, 4) is 0 Å². The number of benzene rings is 3. The zero-order valence-electron chi connectivity index (χ0n) is 14.0. The van der Waals surface area contributed by atoms with E-state index in [1.54, 1.807) is 12.4 Å². The third kappa shape index (κ3) is 3.44. The summed E-state index contributed by atoms with van der Waals surface area (Å²) in [5.74, 6) is -0.0810. The van der Waals surface area contributed by atoms with Crippen molar-refractivity contribution >= 4 is 45.9 Å². The lowest BCUT2D eigenvalue weighted by Gasteiger charge is -2.08. The second-order valence-corrected chi connectivity index (χ2v) is 5.54. The van der Waals surface area contributed by atoms with Gasteiger partial charge < -0.3 is 22.9 Å². The summed E-state index contributed by atoms with van der Waals surface area (Å²) in [6.07, 6.45) is 3.55. The van der Waals surface area contributed by atoms with Crippen molar-refractivity contribution in [1.82, 2.24) is 10.9 Å². The van der Waals surface area contributed by atoms with E-state index in [-0.39, 0.29) is 11.9 Å². The molecule has 26 heavy (non-hydrogen) atoms. The Morgan fingerprint density at radius 2 is 0.923 bits per heavy atom. The molecule has 0 aliphatic carbocycles. The molecule has 0 aliphatic heterocycles. The molecule has 0 aliphatic rings. The second kappa shape index (κ2) is 7.31. The van der Waals surface area contributed by atoms with Crippen molar-refractivity contribution in [2.75, 3.05) is 0 Å². The standard InChI is InChI=1S/C18H20N8/c19-17(20)25-23-9-15-11-5-1-2-6-12(11)16(10-24-26-18(21)22)14-8-4-3-7-13(14)15/h1-10,23-24H,(H4,19,20,25)(H4,21,22,26). The third-order valence-electron chi connectivity index (χ3n) is 3.82. The van der Waals surface area contributed by atoms with Gasteiger partial charge in [-0.25, -0.2) is 0 Å². The van der Waals surface area contributed by atoms with E-state index in [1.807, 2.05) is 48.5 Å². The predicted molar refractivity (Wildman–Crippen MR) is 108 cm³/mol. The fraction of sp³-hybridized carbons (Fsp3) is 0. The average molecular weight is 348 g/mol. The van der Waals surface area contributed by atoms with Crippen LogP contribution in [0.15, 0.2) is 58.7 Å². The quantitative estimate of drug-likeness (QED) is 0.154.